The number of hydrogen-bond acceptors (Lipinski definition) is 5. The van der Waals surface area contributed by atoms with Crippen molar-refractivity contribution in [1.29, 1.82) is 0 Å². The first-order valence-corrected chi connectivity index (χ1v) is 10.3. The average Bonchev–Trinajstić information content (AvgIpc) is 3.22. The molecule has 1 aliphatic carbocycles. The van der Waals surface area contributed by atoms with Crippen molar-refractivity contribution in [3.63, 3.8) is 0 Å². The van der Waals surface area contributed by atoms with Crippen molar-refractivity contribution >= 4 is 23.2 Å². The van der Waals surface area contributed by atoms with Crippen molar-refractivity contribution in [2.45, 2.75) is 25.3 Å². The lowest BCUT2D eigenvalue weighted by molar-refractivity contribution is -0.116. The van der Waals surface area contributed by atoms with Crippen LogP contribution in [0.5, 0.6) is 5.75 Å². The lowest BCUT2D eigenvalue weighted by Crippen LogP contribution is -2.32. The lowest BCUT2D eigenvalue weighted by atomic mass is 9.85. The molecule has 0 unspecified atom stereocenters. The molecule has 5 rings (SSSR count). The molecular formula is C24H22N4O3. The Morgan fingerprint density at radius 1 is 1.16 bits per heavy atom. The highest BCUT2D eigenvalue weighted by molar-refractivity contribution is 6.08. The number of carbonyl (C=O) groups is 2. The predicted octanol–water partition coefficient (Wildman–Crippen LogP) is 4.17. The maximum absolute atomic E-state index is 13.1. The monoisotopic (exact) mass is 414 g/mol. The molecule has 2 aliphatic rings. The lowest BCUT2D eigenvalue weighted by Gasteiger charge is -2.33. The van der Waals surface area contributed by atoms with Gasteiger partial charge < -0.3 is 15.4 Å². The van der Waals surface area contributed by atoms with Gasteiger partial charge in [-0.05, 0) is 30.5 Å². The van der Waals surface area contributed by atoms with Crippen molar-refractivity contribution in [2.75, 3.05) is 17.7 Å². The van der Waals surface area contributed by atoms with Gasteiger partial charge in [-0.2, -0.15) is 5.10 Å². The number of benzene rings is 2. The predicted molar refractivity (Wildman–Crippen MR) is 117 cm³/mol. The fourth-order valence-electron chi connectivity index (χ4n) is 4.27. The Kier molecular flexibility index (Phi) is 4.78. The Morgan fingerprint density at radius 2 is 2.00 bits per heavy atom. The van der Waals surface area contributed by atoms with E-state index in [9.17, 15) is 9.59 Å². The van der Waals surface area contributed by atoms with Crippen molar-refractivity contribution in [3.05, 3.63) is 83.2 Å². The van der Waals surface area contributed by atoms with E-state index >= 15 is 0 Å². The zero-order valence-electron chi connectivity index (χ0n) is 17.1. The van der Waals surface area contributed by atoms with Crippen LogP contribution >= 0.6 is 0 Å². The largest absolute Gasteiger partial charge is 0.497 e. The molecule has 156 valence electrons. The van der Waals surface area contributed by atoms with E-state index in [1.54, 1.807) is 30.1 Å². The van der Waals surface area contributed by atoms with Crippen LogP contribution in [0.2, 0.25) is 0 Å². The summed E-state index contributed by atoms with van der Waals surface area (Å²) in [5, 5.41) is 10.8. The summed E-state index contributed by atoms with van der Waals surface area (Å²) in [4.78, 5) is 25.9. The number of fused-ring (bicyclic) bond motifs is 1. The van der Waals surface area contributed by atoms with Crippen molar-refractivity contribution in [1.82, 2.24) is 9.78 Å². The second-order valence-electron chi connectivity index (χ2n) is 7.64. The molecule has 2 aromatic carbocycles. The topological polar surface area (TPSA) is 85.2 Å². The highest BCUT2D eigenvalue weighted by Gasteiger charge is 2.37. The van der Waals surface area contributed by atoms with Gasteiger partial charge in [0.2, 0.25) is 0 Å². The van der Waals surface area contributed by atoms with Crippen LogP contribution < -0.4 is 15.4 Å². The third kappa shape index (κ3) is 3.38. The molecule has 0 spiro atoms. The molecule has 7 heteroatoms. The maximum Gasteiger partial charge on any atom is 0.261 e. The van der Waals surface area contributed by atoms with Crippen LogP contribution in [0.15, 0.2) is 72.1 Å². The second-order valence-corrected chi connectivity index (χ2v) is 7.64. The van der Waals surface area contributed by atoms with Gasteiger partial charge in [0, 0.05) is 29.4 Å². The Labute approximate surface area is 179 Å². The van der Waals surface area contributed by atoms with Crippen LogP contribution in [0, 0.1) is 0 Å². The molecule has 2 N–H and O–H groups in total. The first kappa shape index (κ1) is 19.1. The standard InChI is InChI=1S/C24H22N4O3/c1-31-17-10-5-9-16(13-17)26-24(30)18-14-25-28-22(15-7-3-2-4-8-15)21-19(27-23(18)28)11-6-12-20(21)29/h2-5,7-10,13-14,22,27H,6,11-12H2,1H3,(H,26,30)/t22-/m1/s1. The molecule has 7 nitrogen and oxygen atoms in total. The SMILES string of the molecule is COc1cccc(NC(=O)c2cnn3c2NC2=C(C(=O)CCC2)[C@H]3c2ccccc2)c1. The summed E-state index contributed by atoms with van der Waals surface area (Å²) in [6.45, 7) is 0. The van der Waals surface area contributed by atoms with E-state index in [1.165, 1.54) is 0 Å². The minimum absolute atomic E-state index is 0.131. The van der Waals surface area contributed by atoms with Gasteiger partial charge >= 0.3 is 0 Å². The van der Waals surface area contributed by atoms with E-state index in [1.807, 2.05) is 42.5 Å². The molecule has 0 bridgehead atoms. The highest BCUT2D eigenvalue weighted by atomic mass is 16.5. The summed E-state index contributed by atoms with van der Waals surface area (Å²) in [7, 11) is 1.58. The zero-order valence-corrected chi connectivity index (χ0v) is 17.1. The first-order chi connectivity index (χ1) is 15.2. The smallest absolute Gasteiger partial charge is 0.261 e. The van der Waals surface area contributed by atoms with Crippen LogP contribution in [0.1, 0.15) is 41.2 Å². The number of rotatable bonds is 4. The van der Waals surface area contributed by atoms with Crippen molar-refractivity contribution in [3.8, 4) is 5.75 Å². The maximum atomic E-state index is 13.1. The molecule has 1 atom stereocenters. The molecule has 1 amide bonds. The molecule has 0 saturated carbocycles. The third-order valence-corrected chi connectivity index (χ3v) is 5.73. The van der Waals surface area contributed by atoms with E-state index < -0.39 is 0 Å². The number of carbonyl (C=O) groups excluding carboxylic acids is 2. The normalized spacial score (nSPS) is 17.5. The summed E-state index contributed by atoms with van der Waals surface area (Å²) < 4.78 is 6.98. The van der Waals surface area contributed by atoms with E-state index in [-0.39, 0.29) is 17.7 Å². The Balaban J connectivity index is 1.54. The number of nitrogens with zero attached hydrogens (tertiary/aromatic N) is 2. The summed E-state index contributed by atoms with van der Waals surface area (Å²) in [5.41, 5.74) is 3.65. The Morgan fingerprint density at radius 3 is 2.81 bits per heavy atom. The van der Waals surface area contributed by atoms with E-state index in [2.05, 4.69) is 15.7 Å². The van der Waals surface area contributed by atoms with E-state index in [0.717, 1.165) is 29.7 Å². The number of allylic oxidation sites excluding steroid dienone is 2. The fraction of sp³-hybridized carbons (Fsp3) is 0.208. The number of ketones is 1. The highest BCUT2D eigenvalue weighted by Crippen LogP contribution is 2.41. The Bertz CT molecular complexity index is 1200. The van der Waals surface area contributed by atoms with Crippen LogP contribution in [0.3, 0.4) is 0 Å². The molecule has 0 radical (unpaired) electrons. The van der Waals surface area contributed by atoms with Crippen LogP contribution in [-0.4, -0.2) is 28.6 Å². The second kappa shape index (κ2) is 7.75. The third-order valence-electron chi connectivity index (χ3n) is 5.73. The summed E-state index contributed by atoms with van der Waals surface area (Å²) >= 11 is 0. The number of amides is 1. The number of aromatic nitrogens is 2. The van der Waals surface area contributed by atoms with Gasteiger partial charge in [-0.1, -0.05) is 36.4 Å². The van der Waals surface area contributed by atoms with Gasteiger partial charge in [0.05, 0.1) is 13.3 Å². The molecule has 31 heavy (non-hydrogen) atoms. The quantitative estimate of drug-likeness (QED) is 0.669. The number of anilines is 2. The molecule has 3 aromatic rings. The van der Waals surface area contributed by atoms with Gasteiger partial charge in [-0.3, -0.25) is 9.59 Å². The van der Waals surface area contributed by atoms with Crippen LogP contribution in [0.25, 0.3) is 0 Å². The van der Waals surface area contributed by atoms with Crippen LogP contribution in [0.4, 0.5) is 11.5 Å². The Hall–Kier alpha value is -3.87. The van der Waals surface area contributed by atoms with Gasteiger partial charge in [0.15, 0.2) is 5.78 Å². The molecule has 1 aliphatic heterocycles. The molecular weight excluding hydrogens is 392 g/mol. The van der Waals surface area contributed by atoms with Gasteiger partial charge in [0.25, 0.3) is 5.91 Å². The zero-order chi connectivity index (χ0) is 21.4. The molecule has 0 fully saturated rings. The number of Topliss-reactive ketones (excluding diaryl/α,β-unsaturated/α-hetero) is 1. The van der Waals surface area contributed by atoms with E-state index in [4.69, 9.17) is 4.74 Å². The van der Waals surface area contributed by atoms with E-state index in [0.29, 0.717) is 29.2 Å². The first-order valence-electron chi connectivity index (χ1n) is 10.3. The van der Waals surface area contributed by atoms with Crippen molar-refractivity contribution in [2.24, 2.45) is 0 Å². The summed E-state index contributed by atoms with van der Waals surface area (Å²) in [5.74, 6) is 1.11. The average molecular weight is 414 g/mol. The minimum Gasteiger partial charge on any atom is -0.497 e. The fourth-order valence-corrected chi connectivity index (χ4v) is 4.27. The summed E-state index contributed by atoms with van der Waals surface area (Å²) in [6.07, 6.45) is 3.65. The molecule has 1 aromatic heterocycles. The number of nitrogens with one attached hydrogen (secondary N) is 2. The van der Waals surface area contributed by atoms with Gasteiger partial charge in [0.1, 0.15) is 23.2 Å². The minimum atomic E-state index is -0.349. The van der Waals surface area contributed by atoms with Crippen molar-refractivity contribution < 1.29 is 14.3 Å². The van der Waals surface area contributed by atoms with Crippen LogP contribution in [-0.2, 0) is 4.79 Å². The van der Waals surface area contributed by atoms with Gasteiger partial charge in [-0.15, -0.1) is 0 Å². The summed E-state index contributed by atoms with van der Waals surface area (Å²) in [6, 6.07) is 16.7. The number of methoxy groups -OCH3 is 1. The molecule has 0 saturated heterocycles. The number of hydrogen-bond donors (Lipinski definition) is 2. The number of ether oxygens (including phenoxy) is 1. The van der Waals surface area contributed by atoms with Gasteiger partial charge in [-0.25, -0.2) is 4.68 Å². The molecule has 2 heterocycles.